The zero-order valence-electron chi connectivity index (χ0n) is 23.1. The molecule has 4 unspecified atom stereocenters. The number of fused-ring (bicyclic) bond motifs is 1. The van der Waals surface area contributed by atoms with E-state index in [2.05, 4.69) is 16.3 Å². The Kier molecular flexibility index (Phi) is 9.55. The molecule has 0 saturated carbocycles. The molecule has 0 spiro atoms. The maximum absolute atomic E-state index is 13.4. The van der Waals surface area contributed by atoms with Crippen LogP contribution in [-0.4, -0.2) is 113 Å². The third-order valence-corrected chi connectivity index (χ3v) is 8.06. The van der Waals surface area contributed by atoms with E-state index in [4.69, 9.17) is 9.47 Å². The molecule has 0 bridgehead atoms. The Balaban J connectivity index is 1.30. The third kappa shape index (κ3) is 7.24. The van der Waals surface area contributed by atoms with Crippen LogP contribution in [0.4, 0.5) is 9.59 Å². The molecule has 12 nitrogen and oxygen atoms in total. The van der Waals surface area contributed by atoms with Crippen molar-refractivity contribution >= 4 is 25.2 Å². The van der Waals surface area contributed by atoms with E-state index in [1.54, 1.807) is 9.80 Å². The summed E-state index contributed by atoms with van der Waals surface area (Å²) in [7, 11) is -1.78. The minimum absolute atomic E-state index is 0.0258. The quantitative estimate of drug-likeness (QED) is 0.375. The molecule has 1 aromatic carbocycles. The summed E-state index contributed by atoms with van der Waals surface area (Å²) in [5.74, 6) is -2.13. The Bertz CT molecular complexity index is 1100. The molecule has 13 heteroatoms. The van der Waals surface area contributed by atoms with Gasteiger partial charge in [-0.3, -0.25) is 14.6 Å². The molecule has 3 fully saturated rings. The smallest absolute Gasteiger partial charge is 0.447 e. The lowest BCUT2D eigenvalue weighted by molar-refractivity contribution is -0.138. The first-order valence-electron chi connectivity index (χ1n) is 13.8. The number of nitrogens with zero attached hydrogens (tertiary/aromatic N) is 4. The number of benzene rings is 1. The van der Waals surface area contributed by atoms with E-state index in [0.717, 1.165) is 5.56 Å². The zero-order valence-corrected chi connectivity index (χ0v) is 23.1. The Morgan fingerprint density at radius 1 is 1.23 bits per heavy atom. The second-order valence-corrected chi connectivity index (χ2v) is 11.4. The predicted molar refractivity (Wildman–Crippen MR) is 145 cm³/mol. The number of rotatable bonds is 9. The van der Waals surface area contributed by atoms with Crippen molar-refractivity contribution in [2.24, 2.45) is 5.92 Å². The Morgan fingerprint density at radius 3 is 2.67 bits per heavy atom. The van der Waals surface area contributed by atoms with E-state index in [1.807, 2.05) is 44.2 Å². The van der Waals surface area contributed by atoms with Crippen LogP contribution in [0.2, 0.25) is 0 Å². The summed E-state index contributed by atoms with van der Waals surface area (Å²) in [6.45, 7) is 6.78. The standard InChI is InChI=1S/C27H38BN5O7/c1-27(2,32-11-12-33-21(16-32)18-39-26(33)36)14-20(15-29)24(34)31-10-6-9-22(17-31)40-25(35)30-23(28(37)38)13-19-7-4-3-5-8-19/h3-5,7-8,20-23,37-38H,6,9-14,16-18H2,1-2H3,(H,30,35). The van der Waals surface area contributed by atoms with Gasteiger partial charge in [0.1, 0.15) is 18.6 Å². The van der Waals surface area contributed by atoms with Gasteiger partial charge in [0.05, 0.1) is 24.6 Å². The molecule has 3 saturated heterocycles. The summed E-state index contributed by atoms with van der Waals surface area (Å²) in [6.07, 6.45) is 0.0355. The number of hydrogen-bond acceptors (Lipinski definition) is 9. The minimum atomic E-state index is -1.78. The van der Waals surface area contributed by atoms with Crippen LogP contribution in [-0.2, 0) is 20.7 Å². The van der Waals surface area contributed by atoms with Crippen LogP contribution in [0.15, 0.2) is 30.3 Å². The molecule has 3 amide bonds. The molecule has 0 aliphatic carbocycles. The van der Waals surface area contributed by atoms with E-state index >= 15 is 0 Å². The second kappa shape index (κ2) is 12.9. The normalized spacial score (nSPS) is 22.9. The van der Waals surface area contributed by atoms with Crippen LogP contribution in [0.1, 0.15) is 38.7 Å². The van der Waals surface area contributed by atoms with Crippen molar-refractivity contribution in [2.75, 3.05) is 39.3 Å². The Hall–Kier alpha value is -3.34. The maximum atomic E-state index is 13.4. The fourth-order valence-electron chi connectivity index (χ4n) is 5.75. The van der Waals surface area contributed by atoms with E-state index in [1.165, 1.54) is 0 Å². The lowest BCUT2D eigenvalue weighted by Gasteiger charge is -2.45. The first-order chi connectivity index (χ1) is 19.1. The van der Waals surface area contributed by atoms with Gasteiger partial charge in [-0.15, -0.1) is 0 Å². The highest BCUT2D eigenvalue weighted by Crippen LogP contribution is 2.30. The second-order valence-electron chi connectivity index (χ2n) is 11.4. The number of alkyl carbamates (subject to hydrolysis) is 1. The largest absolute Gasteiger partial charge is 0.475 e. The van der Waals surface area contributed by atoms with Crippen LogP contribution < -0.4 is 5.32 Å². The highest BCUT2D eigenvalue weighted by Gasteiger charge is 2.43. The number of carbonyl (C=O) groups excluding carboxylic acids is 3. The van der Waals surface area contributed by atoms with E-state index in [-0.39, 0.29) is 31.0 Å². The van der Waals surface area contributed by atoms with Gasteiger partial charge < -0.3 is 29.7 Å². The number of cyclic esters (lactones) is 1. The molecule has 3 heterocycles. The summed E-state index contributed by atoms with van der Waals surface area (Å²) in [5, 5.41) is 31.9. The van der Waals surface area contributed by atoms with Crippen LogP contribution in [0.3, 0.4) is 0 Å². The van der Waals surface area contributed by atoms with Crippen LogP contribution in [0.25, 0.3) is 0 Å². The number of nitrogens with one attached hydrogen (secondary N) is 1. The Labute approximate surface area is 234 Å². The highest BCUT2D eigenvalue weighted by molar-refractivity contribution is 6.43. The summed E-state index contributed by atoms with van der Waals surface area (Å²) in [5.41, 5.74) is 0.367. The van der Waals surface area contributed by atoms with Crippen molar-refractivity contribution in [3.05, 3.63) is 35.9 Å². The van der Waals surface area contributed by atoms with Crippen molar-refractivity contribution in [1.29, 1.82) is 5.26 Å². The number of hydrogen-bond donors (Lipinski definition) is 3. The molecule has 4 atom stereocenters. The minimum Gasteiger partial charge on any atom is -0.447 e. The van der Waals surface area contributed by atoms with Gasteiger partial charge in [0.25, 0.3) is 0 Å². The third-order valence-electron chi connectivity index (χ3n) is 8.06. The molecule has 0 aromatic heterocycles. The topological polar surface area (TPSA) is 156 Å². The van der Waals surface area contributed by atoms with Crippen LogP contribution in [0, 0.1) is 17.2 Å². The maximum Gasteiger partial charge on any atom is 0.475 e. The average Bonchev–Trinajstić information content (AvgIpc) is 3.31. The number of piperidine rings is 1. The predicted octanol–water partition coefficient (Wildman–Crippen LogP) is 0.772. The molecule has 1 aromatic rings. The van der Waals surface area contributed by atoms with Gasteiger partial charge >= 0.3 is 19.3 Å². The Morgan fingerprint density at radius 2 is 1.98 bits per heavy atom. The summed E-state index contributed by atoms with van der Waals surface area (Å²) in [4.78, 5) is 43.4. The van der Waals surface area contributed by atoms with Crippen molar-refractivity contribution in [3.8, 4) is 6.07 Å². The van der Waals surface area contributed by atoms with E-state index in [9.17, 15) is 29.7 Å². The first-order valence-corrected chi connectivity index (χ1v) is 13.8. The van der Waals surface area contributed by atoms with Gasteiger partial charge in [-0.1, -0.05) is 30.3 Å². The number of amides is 3. The summed E-state index contributed by atoms with van der Waals surface area (Å²) >= 11 is 0. The van der Waals surface area contributed by atoms with Gasteiger partial charge in [0, 0.05) is 31.7 Å². The number of carbonyl (C=O) groups is 3. The molecule has 4 rings (SSSR count). The average molecular weight is 555 g/mol. The monoisotopic (exact) mass is 555 g/mol. The molecule has 3 aliphatic rings. The van der Waals surface area contributed by atoms with Crippen LogP contribution >= 0.6 is 0 Å². The number of nitriles is 1. The van der Waals surface area contributed by atoms with Gasteiger partial charge in [-0.2, -0.15) is 5.26 Å². The van der Waals surface area contributed by atoms with E-state index in [0.29, 0.717) is 52.0 Å². The number of likely N-dealkylation sites (tertiary alicyclic amines) is 1. The van der Waals surface area contributed by atoms with Crippen molar-refractivity contribution in [3.63, 3.8) is 0 Å². The van der Waals surface area contributed by atoms with Crippen LogP contribution in [0.5, 0.6) is 0 Å². The molecule has 0 radical (unpaired) electrons. The molecular formula is C27H38BN5O7. The fourth-order valence-corrected chi connectivity index (χ4v) is 5.75. The van der Waals surface area contributed by atoms with Crippen molar-refractivity contribution < 1.29 is 33.9 Å². The molecular weight excluding hydrogens is 517 g/mol. The zero-order chi connectivity index (χ0) is 28.9. The lowest BCUT2D eigenvalue weighted by Crippen LogP contribution is -2.59. The summed E-state index contributed by atoms with van der Waals surface area (Å²) < 4.78 is 10.7. The van der Waals surface area contributed by atoms with Gasteiger partial charge in [-0.05, 0) is 45.1 Å². The number of ether oxygens (including phenoxy) is 2. The van der Waals surface area contributed by atoms with Gasteiger partial charge in [0.15, 0.2) is 0 Å². The van der Waals surface area contributed by atoms with E-state index < -0.39 is 36.7 Å². The van der Waals surface area contributed by atoms with Gasteiger partial charge in [-0.25, -0.2) is 9.59 Å². The lowest BCUT2D eigenvalue weighted by atomic mass is 9.76. The molecule has 216 valence electrons. The molecule has 3 aliphatic heterocycles. The number of piperazine rings is 1. The van der Waals surface area contributed by atoms with Crippen molar-refractivity contribution in [1.82, 2.24) is 20.0 Å². The summed E-state index contributed by atoms with van der Waals surface area (Å²) in [6, 6.07) is 11.3. The highest BCUT2D eigenvalue weighted by atomic mass is 16.6. The fraction of sp³-hybridized carbons (Fsp3) is 0.630. The van der Waals surface area contributed by atoms with Gasteiger partial charge in [0.2, 0.25) is 5.91 Å². The first kappa shape index (κ1) is 29.6. The molecule has 40 heavy (non-hydrogen) atoms. The van der Waals surface area contributed by atoms with Crippen molar-refractivity contribution in [2.45, 2.75) is 63.2 Å². The SMILES string of the molecule is CC(C)(CC(C#N)C(=O)N1CCCC(OC(=O)NC(Cc2ccccc2)B(O)O)C1)N1CCN2C(=O)OCC2C1. The molecule has 3 N–H and O–H groups in total.